The summed E-state index contributed by atoms with van der Waals surface area (Å²) in [5.41, 5.74) is 2.21. The second-order valence-corrected chi connectivity index (χ2v) is 5.23. The van der Waals surface area contributed by atoms with Gasteiger partial charge in [0.05, 0.1) is 6.61 Å². The van der Waals surface area contributed by atoms with Crippen molar-refractivity contribution in [3.05, 3.63) is 33.1 Å². The van der Waals surface area contributed by atoms with E-state index in [0.717, 1.165) is 15.4 Å². The van der Waals surface area contributed by atoms with Gasteiger partial charge in [0.15, 0.2) is 0 Å². The molecule has 14 heavy (non-hydrogen) atoms. The maximum absolute atomic E-state index is 9.14. The summed E-state index contributed by atoms with van der Waals surface area (Å²) >= 11 is 8.73. The SMILES string of the molecule is OCc1ccc2scc(CBr)c2c1Br. The Morgan fingerprint density at radius 1 is 1.29 bits per heavy atom. The van der Waals surface area contributed by atoms with Crippen molar-refractivity contribution in [1.29, 1.82) is 0 Å². The number of benzene rings is 1. The Kier molecular flexibility index (Phi) is 3.27. The van der Waals surface area contributed by atoms with E-state index in [1.807, 2.05) is 6.07 Å². The Hall–Kier alpha value is 0.1000. The van der Waals surface area contributed by atoms with Crippen LogP contribution in [0.1, 0.15) is 11.1 Å². The lowest BCUT2D eigenvalue weighted by Gasteiger charge is -2.03. The first-order chi connectivity index (χ1) is 6.77. The molecule has 0 spiro atoms. The summed E-state index contributed by atoms with van der Waals surface area (Å²) in [6, 6.07) is 4.02. The highest BCUT2D eigenvalue weighted by molar-refractivity contribution is 9.10. The molecule has 0 aliphatic carbocycles. The highest BCUT2D eigenvalue weighted by Crippen LogP contribution is 2.35. The van der Waals surface area contributed by atoms with Crippen LogP contribution in [0.5, 0.6) is 0 Å². The topological polar surface area (TPSA) is 20.2 Å². The van der Waals surface area contributed by atoms with Crippen LogP contribution in [0.3, 0.4) is 0 Å². The lowest BCUT2D eigenvalue weighted by Crippen LogP contribution is -1.86. The molecule has 0 bridgehead atoms. The van der Waals surface area contributed by atoms with Crippen molar-refractivity contribution in [3.8, 4) is 0 Å². The maximum Gasteiger partial charge on any atom is 0.0693 e. The van der Waals surface area contributed by atoms with Crippen LogP contribution < -0.4 is 0 Å². The van der Waals surface area contributed by atoms with Crippen molar-refractivity contribution in [2.75, 3.05) is 0 Å². The molecule has 1 N–H and O–H groups in total. The molecule has 0 unspecified atom stereocenters. The van der Waals surface area contributed by atoms with Gasteiger partial charge in [-0.2, -0.15) is 0 Å². The molecule has 1 aromatic carbocycles. The maximum atomic E-state index is 9.14. The van der Waals surface area contributed by atoms with Gasteiger partial charge in [0.2, 0.25) is 0 Å². The fourth-order valence-electron chi connectivity index (χ4n) is 1.41. The van der Waals surface area contributed by atoms with Gasteiger partial charge in [-0.25, -0.2) is 0 Å². The van der Waals surface area contributed by atoms with Crippen LogP contribution in [-0.4, -0.2) is 5.11 Å². The minimum absolute atomic E-state index is 0.0775. The molecule has 0 fully saturated rings. The van der Waals surface area contributed by atoms with Crippen LogP contribution in [0.25, 0.3) is 10.1 Å². The third-order valence-electron chi connectivity index (χ3n) is 2.15. The summed E-state index contributed by atoms with van der Waals surface area (Å²) in [4.78, 5) is 0. The van der Waals surface area contributed by atoms with Gasteiger partial charge >= 0.3 is 0 Å². The summed E-state index contributed by atoms with van der Waals surface area (Å²) in [6.45, 7) is 0.0775. The molecule has 74 valence electrons. The Bertz CT molecular complexity index is 464. The number of alkyl halides is 1. The molecule has 0 atom stereocenters. The Labute approximate surface area is 103 Å². The van der Waals surface area contributed by atoms with Crippen LogP contribution in [0.4, 0.5) is 0 Å². The fraction of sp³-hybridized carbons (Fsp3) is 0.200. The van der Waals surface area contributed by atoms with Gasteiger partial charge in [-0.3, -0.25) is 0 Å². The van der Waals surface area contributed by atoms with Crippen molar-refractivity contribution in [1.82, 2.24) is 0 Å². The zero-order chi connectivity index (χ0) is 10.1. The number of aliphatic hydroxyl groups is 1. The van der Waals surface area contributed by atoms with E-state index in [1.54, 1.807) is 11.3 Å². The zero-order valence-corrected chi connectivity index (χ0v) is 11.2. The monoisotopic (exact) mass is 334 g/mol. The molecule has 0 aliphatic rings. The highest BCUT2D eigenvalue weighted by atomic mass is 79.9. The Morgan fingerprint density at radius 2 is 2.07 bits per heavy atom. The second kappa shape index (κ2) is 4.31. The molecule has 0 saturated heterocycles. The van der Waals surface area contributed by atoms with E-state index in [2.05, 4.69) is 43.3 Å². The molecule has 4 heteroatoms. The van der Waals surface area contributed by atoms with Gasteiger partial charge < -0.3 is 5.11 Å². The third kappa shape index (κ3) is 1.65. The van der Waals surface area contributed by atoms with Crippen LogP contribution in [0.2, 0.25) is 0 Å². The minimum atomic E-state index is 0.0775. The largest absolute Gasteiger partial charge is 0.392 e. The number of hydrogen-bond acceptors (Lipinski definition) is 2. The van der Waals surface area contributed by atoms with E-state index in [9.17, 15) is 0 Å². The molecular weight excluding hydrogens is 328 g/mol. The fourth-order valence-corrected chi connectivity index (χ4v) is 3.89. The predicted octanol–water partition coefficient (Wildman–Crippen LogP) is 4.05. The number of fused-ring (bicyclic) bond motifs is 1. The summed E-state index contributed by atoms with van der Waals surface area (Å²) < 4.78 is 2.27. The van der Waals surface area contributed by atoms with E-state index >= 15 is 0 Å². The standard InChI is InChI=1S/C10H8Br2OS/c11-3-7-5-14-8-2-1-6(4-13)10(12)9(7)8/h1-2,5,13H,3-4H2. The third-order valence-corrected chi connectivity index (χ3v) is 4.65. The molecule has 1 heterocycles. The van der Waals surface area contributed by atoms with Crippen LogP contribution in [0.15, 0.2) is 22.0 Å². The number of halogens is 2. The van der Waals surface area contributed by atoms with Crippen molar-refractivity contribution >= 4 is 53.3 Å². The summed E-state index contributed by atoms with van der Waals surface area (Å²) in [5, 5.41) is 13.4. The molecule has 2 rings (SSSR count). The first-order valence-electron chi connectivity index (χ1n) is 4.12. The smallest absolute Gasteiger partial charge is 0.0693 e. The molecule has 2 aromatic rings. The van der Waals surface area contributed by atoms with Gasteiger partial charge in [-0.05, 0) is 38.5 Å². The highest BCUT2D eigenvalue weighted by Gasteiger charge is 2.09. The van der Waals surface area contributed by atoms with Crippen molar-refractivity contribution in [3.63, 3.8) is 0 Å². The van der Waals surface area contributed by atoms with Gasteiger partial charge in [0.1, 0.15) is 0 Å². The van der Waals surface area contributed by atoms with Crippen LogP contribution >= 0.6 is 43.2 Å². The zero-order valence-electron chi connectivity index (χ0n) is 7.26. The molecular formula is C10H8Br2OS. The quantitative estimate of drug-likeness (QED) is 0.821. The normalized spacial score (nSPS) is 11.1. The predicted molar refractivity (Wildman–Crippen MR) is 68.1 cm³/mol. The molecule has 0 radical (unpaired) electrons. The van der Waals surface area contributed by atoms with Gasteiger partial charge in [0, 0.05) is 19.9 Å². The second-order valence-electron chi connectivity index (χ2n) is 2.96. The van der Waals surface area contributed by atoms with E-state index < -0.39 is 0 Å². The number of hydrogen-bond donors (Lipinski definition) is 1. The van der Waals surface area contributed by atoms with Crippen LogP contribution in [-0.2, 0) is 11.9 Å². The van der Waals surface area contributed by atoms with Gasteiger partial charge in [0.25, 0.3) is 0 Å². The van der Waals surface area contributed by atoms with Gasteiger partial charge in [-0.15, -0.1) is 11.3 Å². The van der Waals surface area contributed by atoms with E-state index in [0.29, 0.717) is 0 Å². The minimum Gasteiger partial charge on any atom is -0.392 e. The lowest BCUT2D eigenvalue weighted by molar-refractivity contribution is 0.281. The summed E-state index contributed by atoms with van der Waals surface area (Å²) in [6.07, 6.45) is 0. The molecule has 1 aromatic heterocycles. The molecule has 0 aliphatic heterocycles. The molecule has 0 amide bonds. The number of thiophene rings is 1. The van der Waals surface area contributed by atoms with E-state index in [-0.39, 0.29) is 6.61 Å². The molecule has 1 nitrogen and oxygen atoms in total. The summed E-state index contributed by atoms with van der Waals surface area (Å²) in [7, 11) is 0. The van der Waals surface area contributed by atoms with Crippen molar-refractivity contribution in [2.24, 2.45) is 0 Å². The Morgan fingerprint density at radius 3 is 2.71 bits per heavy atom. The Balaban J connectivity index is 2.77. The van der Waals surface area contributed by atoms with E-state index in [4.69, 9.17) is 5.11 Å². The average molecular weight is 336 g/mol. The average Bonchev–Trinajstić information content (AvgIpc) is 2.62. The number of rotatable bonds is 2. The van der Waals surface area contributed by atoms with Gasteiger partial charge in [-0.1, -0.05) is 22.0 Å². The lowest BCUT2D eigenvalue weighted by atomic mass is 10.1. The van der Waals surface area contributed by atoms with Crippen LogP contribution in [0, 0.1) is 0 Å². The van der Waals surface area contributed by atoms with Crippen molar-refractivity contribution < 1.29 is 5.11 Å². The first kappa shape index (κ1) is 10.6. The van der Waals surface area contributed by atoms with Crippen molar-refractivity contribution in [2.45, 2.75) is 11.9 Å². The molecule has 0 saturated carbocycles. The van der Waals surface area contributed by atoms with E-state index in [1.165, 1.54) is 15.6 Å². The first-order valence-corrected chi connectivity index (χ1v) is 6.91. The number of aliphatic hydroxyl groups excluding tert-OH is 1. The summed E-state index contributed by atoms with van der Waals surface area (Å²) in [5.74, 6) is 0.